The molecule has 1 saturated carbocycles. The van der Waals surface area contributed by atoms with Crippen LogP contribution in [0.5, 0.6) is 0 Å². The lowest BCUT2D eigenvalue weighted by atomic mass is 9.70. The fourth-order valence-corrected chi connectivity index (χ4v) is 3.38. The first-order valence-electron chi connectivity index (χ1n) is 6.12. The number of nitrogens with one attached hydrogen (secondary N) is 1. The van der Waals surface area contributed by atoms with Crippen molar-refractivity contribution in [1.82, 2.24) is 5.32 Å². The van der Waals surface area contributed by atoms with Crippen LogP contribution in [-0.2, 0) is 0 Å². The Balaban J connectivity index is 2.23. The van der Waals surface area contributed by atoms with Gasteiger partial charge < -0.3 is 5.32 Å². The first kappa shape index (κ1) is 15.2. The van der Waals surface area contributed by atoms with Crippen molar-refractivity contribution < 1.29 is 13.2 Å². The Morgan fingerprint density at radius 2 is 1.94 bits per heavy atom. The van der Waals surface area contributed by atoms with E-state index in [1.807, 2.05) is 0 Å². The van der Waals surface area contributed by atoms with Crippen LogP contribution in [0.3, 0.4) is 0 Å². The van der Waals surface area contributed by atoms with Crippen molar-refractivity contribution in [2.24, 2.45) is 11.3 Å². The third kappa shape index (κ3) is 6.55. The Morgan fingerprint density at radius 3 is 2.47 bits per heavy atom. The monoisotopic (exact) mass is 269 g/mol. The van der Waals surface area contributed by atoms with Gasteiger partial charge >= 0.3 is 5.51 Å². The van der Waals surface area contributed by atoms with E-state index >= 15 is 0 Å². The summed E-state index contributed by atoms with van der Waals surface area (Å²) >= 11 is 0.0603. The van der Waals surface area contributed by atoms with Crippen LogP contribution in [0.25, 0.3) is 0 Å². The molecule has 2 atom stereocenters. The molecule has 0 aromatic rings. The number of alkyl halides is 3. The van der Waals surface area contributed by atoms with E-state index in [2.05, 4.69) is 26.1 Å². The molecule has 1 nitrogen and oxygen atoms in total. The first-order chi connectivity index (χ1) is 7.68. The minimum atomic E-state index is -4.10. The lowest BCUT2D eigenvalue weighted by Gasteiger charge is -2.39. The second-order valence-electron chi connectivity index (χ2n) is 5.86. The zero-order chi connectivity index (χ0) is 13.1. The summed E-state index contributed by atoms with van der Waals surface area (Å²) in [6.07, 6.45) is 3.36. The molecule has 102 valence electrons. The fourth-order valence-electron chi connectivity index (χ4n) is 2.93. The number of hydrogen-bond acceptors (Lipinski definition) is 2. The molecular formula is C12H22F3NS. The van der Waals surface area contributed by atoms with Gasteiger partial charge in [-0.25, -0.2) is 0 Å². The average molecular weight is 269 g/mol. The van der Waals surface area contributed by atoms with Crippen LogP contribution < -0.4 is 5.32 Å². The summed E-state index contributed by atoms with van der Waals surface area (Å²) in [5, 5.41) is 3.26. The number of hydrogen-bond donors (Lipinski definition) is 1. The van der Waals surface area contributed by atoms with E-state index in [9.17, 15) is 13.2 Å². The predicted molar refractivity (Wildman–Crippen MR) is 67.1 cm³/mol. The molecule has 0 aromatic carbocycles. The van der Waals surface area contributed by atoms with Crippen molar-refractivity contribution in [2.75, 3.05) is 12.3 Å². The molecule has 1 aliphatic carbocycles. The maximum atomic E-state index is 11.9. The second kappa shape index (κ2) is 5.83. The van der Waals surface area contributed by atoms with E-state index in [-0.39, 0.29) is 17.5 Å². The lowest BCUT2D eigenvalue weighted by molar-refractivity contribution is -0.0327. The van der Waals surface area contributed by atoms with Crippen molar-refractivity contribution in [1.29, 1.82) is 0 Å². The molecule has 0 spiro atoms. The topological polar surface area (TPSA) is 12.0 Å². The van der Waals surface area contributed by atoms with Crippen molar-refractivity contribution >= 4 is 11.8 Å². The summed E-state index contributed by atoms with van der Waals surface area (Å²) in [7, 11) is 0. The fraction of sp³-hybridized carbons (Fsp3) is 1.00. The van der Waals surface area contributed by atoms with Gasteiger partial charge in [0, 0.05) is 18.3 Å². The van der Waals surface area contributed by atoms with Crippen LogP contribution >= 0.6 is 11.8 Å². The highest BCUT2D eigenvalue weighted by Gasteiger charge is 2.32. The molecule has 1 aliphatic rings. The molecule has 1 rings (SSSR count). The molecule has 0 saturated heterocycles. The predicted octanol–water partition coefficient (Wildman–Crippen LogP) is 4.04. The van der Waals surface area contributed by atoms with E-state index in [4.69, 9.17) is 0 Å². The molecule has 5 heteroatoms. The SMILES string of the molecule is CC1CC(NCCSC(F)(F)F)CC(C)(C)C1. The maximum Gasteiger partial charge on any atom is 0.441 e. The summed E-state index contributed by atoms with van der Waals surface area (Å²) in [6.45, 7) is 7.14. The molecular weight excluding hydrogens is 247 g/mol. The number of thioether (sulfide) groups is 1. The Bertz CT molecular complexity index is 240. The third-order valence-electron chi connectivity index (χ3n) is 3.19. The van der Waals surface area contributed by atoms with Crippen LogP contribution in [0.15, 0.2) is 0 Å². The number of halogens is 3. The van der Waals surface area contributed by atoms with Gasteiger partial charge in [-0.1, -0.05) is 20.8 Å². The van der Waals surface area contributed by atoms with Gasteiger partial charge in [0.25, 0.3) is 0 Å². The average Bonchev–Trinajstić information content (AvgIpc) is 2.07. The van der Waals surface area contributed by atoms with Gasteiger partial charge in [0.05, 0.1) is 0 Å². The first-order valence-corrected chi connectivity index (χ1v) is 7.11. The van der Waals surface area contributed by atoms with E-state index in [0.717, 1.165) is 12.8 Å². The maximum absolute atomic E-state index is 11.9. The van der Waals surface area contributed by atoms with Crippen molar-refractivity contribution in [3.63, 3.8) is 0 Å². The van der Waals surface area contributed by atoms with Crippen molar-refractivity contribution in [3.8, 4) is 0 Å². The van der Waals surface area contributed by atoms with Crippen LogP contribution in [0.1, 0.15) is 40.0 Å². The quantitative estimate of drug-likeness (QED) is 0.773. The summed E-state index contributed by atoms with van der Waals surface area (Å²) in [4.78, 5) is 0. The largest absolute Gasteiger partial charge is 0.441 e. The zero-order valence-corrected chi connectivity index (χ0v) is 11.5. The van der Waals surface area contributed by atoms with Crippen LogP contribution in [0.2, 0.25) is 0 Å². The molecule has 0 amide bonds. The standard InChI is InChI=1S/C12H22F3NS/c1-9-6-10(8-11(2,3)7-9)16-4-5-17-12(13,14)15/h9-10,16H,4-8H2,1-3H3. The molecule has 1 fully saturated rings. The van der Waals surface area contributed by atoms with E-state index in [1.54, 1.807) is 0 Å². The molecule has 2 unspecified atom stereocenters. The second-order valence-corrected chi connectivity index (χ2v) is 7.02. The highest BCUT2D eigenvalue weighted by Crippen LogP contribution is 2.38. The van der Waals surface area contributed by atoms with Gasteiger partial charge in [0.15, 0.2) is 0 Å². The summed E-state index contributed by atoms with van der Waals surface area (Å²) in [5.41, 5.74) is -3.78. The smallest absolute Gasteiger partial charge is 0.313 e. The molecule has 0 aliphatic heterocycles. The van der Waals surface area contributed by atoms with Crippen LogP contribution in [-0.4, -0.2) is 23.8 Å². The molecule has 17 heavy (non-hydrogen) atoms. The minimum absolute atomic E-state index is 0.0603. The van der Waals surface area contributed by atoms with E-state index in [1.165, 1.54) is 6.42 Å². The van der Waals surface area contributed by atoms with Crippen molar-refractivity contribution in [2.45, 2.75) is 51.6 Å². The molecule has 0 radical (unpaired) electrons. The van der Waals surface area contributed by atoms with Gasteiger partial charge in [0.1, 0.15) is 0 Å². The van der Waals surface area contributed by atoms with Crippen molar-refractivity contribution in [3.05, 3.63) is 0 Å². The Labute approximate surface area is 106 Å². The summed E-state index contributed by atoms with van der Waals surface area (Å²) in [5.74, 6) is 0.765. The summed E-state index contributed by atoms with van der Waals surface area (Å²) in [6, 6.07) is 0.377. The Hall–Kier alpha value is 0.100. The minimum Gasteiger partial charge on any atom is -0.313 e. The molecule has 1 N–H and O–H groups in total. The van der Waals surface area contributed by atoms with Gasteiger partial charge in [-0.2, -0.15) is 13.2 Å². The van der Waals surface area contributed by atoms with E-state index < -0.39 is 5.51 Å². The van der Waals surface area contributed by atoms with Gasteiger partial charge in [0.2, 0.25) is 0 Å². The number of rotatable bonds is 4. The third-order valence-corrected chi connectivity index (χ3v) is 3.92. The van der Waals surface area contributed by atoms with E-state index in [0.29, 0.717) is 23.9 Å². The van der Waals surface area contributed by atoms with Gasteiger partial charge in [-0.3, -0.25) is 0 Å². The van der Waals surface area contributed by atoms with Gasteiger partial charge in [-0.05, 0) is 42.4 Å². The highest BCUT2D eigenvalue weighted by atomic mass is 32.2. The Morgan fingerprint density at radius 1 is 1.29 bits per heavy atom. The summed E-state index contributed by atoms with van der Waals surface area (Å²) < 4.78 is 35.8. The Kier molecular flexibility index (Phi) is 5.20. The highest BCUT2D eigenvalue weighted by molar-refractivity contribution is 8.00. The molecule has 0 aromatic heterocycles. The molecule has 0 heterocycles. The lowest BCUT2D eigenvalue weighted by Crippen LogP contribution is -2.41. The van der Waals surface area contributed by atoms with Gasteiger partial charge in [-0.15, -0.1) is 0 Å². The van der Waals surface area contributed by atoms with Crippen LogP contribution in [0, 0.1) is 11.3 Å². The normalized spacial score (nSPS) is 29.3. The molecule has 0 bridgehead atoms. The van der Waals surface area contributed by atoms with Crippen LogP contribution in [0.4, 0.5) is 13.2 Å². The zero-order valence-electron chi connectivity index (χ0n) is 10.7.